The molecular weight excluding hydrogens is 405 g/mol. The highest BCUT2D eigenvalue weighted by molar-refractivity contribution is 5.70. The molecule has 1 aliphatic carbocycles. The average Bonchev–Trinajstić information content (AvgIpc) is 3.11. The molecule has 0 atom stereocenters. The van der Waals surface area contributed by atoms with Crippen LogP contribution in [0.3, 0.4) is 0 Å². The molecule has 0 radical (unpaired) electrons. The molecule has 0 amide bonds. The predicted octanol–water partition coefficient (Wildman–Crippen LogP) is 3.64. The molecule has 10 nitrogen and oxygen atoms in total. The summed E-state index contributed by atoms with van der Waals surface area (Å²) in [5.74, 6) is -0.305. The van der Waals surface area contributed by atoms with Gasteiger partial charge in [0.25, 0.3) is 0 Å². The SMILES string of the molecule is COc1cc(F)c([N+](=O)[O-])cc1Nc1ncnc(N2CC3(CCC3)c3ncccc32)n1. The van der Waals surface area contributed by atoms with Crippen LogP contribution in [0.2, 0.25) is 0 Å². The summed E-state index contributed by atoms with van der Waals surface area (Å²) in [6.45, 7) is 0.730. The van der Waals surface area contributed by atoms with Crippen molar-refractivity contribution in [1.29, 1.82) is 0 Å². The largest absolute Gasteiger partial charge is 0.494 e. The van der Waals surface area contributed by atoms with Gasteiger partial charge in [0.05, 0.1) is 29.1 Å². The second-order valence-corrected chi connectivity index (χ2v) is 7.59. The molecule has 1 aliphatic heterocycles. The van der Waals surface area contributed by atoms with Crippen molar-refractivity contribution in [1.82, 2.24) is 19.9 Å². The molecule has 11 heteroatoms. The molecule has 3 aromatic rings. The van der Waals surface area contributed by atoms with E-state index in [0.717, 1.165) is 49.3 Å². The molecule has 0 bridgehead atoms. The summed E-state index contributed by atoms with van der Waals surface area (Å²) in [6.07, 6.45) is 6.46. The number of nitro benzene ring substituents is 1. The second-order valence-electron chi connectivity index (χ2n) is 7.59. The van der Waals surface area contributed by atoms with E-state index in [0.29, 0.717) is 5.95 Å². The lowest BCUT2D eigenvalue weighted by Crippen LogP contribution is -2.38. The van der Waals surface area contributed by atoms with Gasteiger partial charge in [-0.1, -0.05) is 6.42 Å². The summed E-state index contributed by atoms with van der Waals surface area (Å²) < 4.78 is 19.1. The lowest BCUT2D eigenvalue weighted by molar-refractivity contribution is -0.387. The maximum absolute atomic E-state index is 13.9. The molecular formula is C20H18FN7O3. The number of nitro groups is 1. The number of anilines is 4. The minimum atomic E-state index is -0.990. The Morgan fingerprint density at radius 1 is 1.29 bits per heavy atom. The lowest BCUT2D eigenvalue weighted by Gasteiger charge is -2.37. The van der Waals surface area contributed by atoms with Gasteiger partial charge in [0.15, 0.2) is 0 Å². The maximum Gasteiger partial charge on any atom is 0.307 e. The van der Waals surface area contributed by atoms with Crippen LogP contribution < -0.4 is 15.0 Å². The summed E-state index contributed by atoms with van der Waals surface area (Å²) in [6, 6.07) is 5.88. The van der Waals surface area contributed by atoms with Crippen LogP contribution in [0.4, 0.5) is 33.3 Å². The first kappa shape index (κ1) is 19.1. The van der Waals surface area contributed by atoms with E-state index in [1.165, 1.54) is 13.4 Å². The van der Waals surface area contributed by atoms with Crippen molar-refractivity contribution in [2.45, 2.75) is 24.7 Å². The topological polar surface area (TPSA) is 119 Å². The number of ether oxygens (including phenoxy) is 1. The molecule has 1 aromatic carbocycles. The summed E-state index contributed by atoms with van der Waals surface area (Å²) in [4.78, 5) is 29.9. The normalized spacial score (nSPS) is 16.0. The Morgan fingerprint density at radius 2 is 2.13 bits per heavy atom. The van der Waals surface area contributed by atoms with E-state index >= 15 is 0 Å². The van der Waals surface area contributed by atoms with Crippen LogP contribution in [0.25, 0.3) is 0 Å². The van der Waals surface area contributed by atoms with Crippen LogP contribution in [-0.2, 0) is 5.41 Å². The molecule has 1 fully saturated rings. The summed E-state index contributed by atoms with van der Waals surface area (Å²) in [5, 5.41) is 14.0. The van der Waals surface area contributed by atoms with Gasteiger partial charge in [-0.05, 0) is 25.0 Å². The third kappa shape index (κ3) is 3.09. The number of pyridine rings is 1. The van der Waals surface area contributed by atoms with Gasteiger partial charge in [-0.15, -0.1) is 0 Å². The molecule has 3 heterocycles. The van der Waals surface area contributed by atoms with Crippen molar-refractivity contribution in [3.05, 3.63) is 58.4 Å². The standard InChI is InChI=1S/C20H18FN7O3/c1-31-16-8-12(21)15(28(29)30)9-13(16)25-18-23-11-24-19(26-18)27-10-20(5-3-6-20)17-14(27)4-2-7-22-17/h2,4,7-9,11H,3,5-6,10H2,1H3,(H,23,24,25,26). The summed E-state index contributed by atoms with van der Waals surface area (Å²) in [7, 11) is 1.34. The third-order valence-electron chi connectivity index (χ3n) is 5.86. The Morgan fingerprint density at radius 3 is 2.84 bits per heavy atom. The van der Waals surface area contributed by atoms with Gasteiger partial charge in [0, 0.05) is 30.3 Å². The van der Waals surface area contributed by atoms with E-state index in [-0.39, 0.29) is 22.8 Å². The zero-order valence-electron chi connectivity index (χ0n) is 16.6. The van der Waals surface area contributed by atoms with E-state index in [1.54, 1.807) is 6.20 Å². The number of nitrogens with zero attached hydrogens (tertiary/aromatic N) is 6. The van der Waals surface area contributed by atoms with E-state index in [1.807, 2.05) is 17.0 Å². The molecule has 0 saturated heterocycles. The monoisotopic (exact) mass is 423 g/mol. The second kappa shape index (κ2) is 7.11. The molecule has 5 rings (SSSR count). The van der Waals surface area contributed by atoms with Crippen LogP contribution in [0.15, 0.2) is 36.8 Å². The smallest absolute Gasteiger partial charge is 0.307 e. The molecule has 158 valence electrons. The predicted molar refractivity (Wildman–Crippen MR) is 109 cm³/mol. The fraction of sp³-hybridized carbons (Fsp3) is 0.300. The minimum absolute atomic E-state index is 0.0254. The number of hydrogen-bond donors (Lipinski definition) is 1. The highest BCUT2D eigenvalue weighted by Crippen LogP contribution is 2.52. The number of methoxy groups -OCH3 is 1. The van der Waals surface area contributed by atoms with Crippen molar-refractivity contribution < 1.29 is 14.1 Å². The van der Waals surface area contributed by atoms with Crippen molar-refractivity contribution in [3.63, 3.8) is 0 Å². The van der Waals surface area contributed by atoms with Gasteiger partial charge >= 0.3 is 5.69 Å². The fourth-order valence-corrected chi connectivity index (χ4v) is 4.21. The van der Waals surface area contributed by atoms with Crippen LogP contribution in [0.1, 0.15) is 25.0 Å². The number of fused-ring (bicyclic) bond motifs is 2. The first-order valence-electron chi connectivity index (χ1n) is 9.72. The van der Waals surface area contributed by atoms with E-state index < -0.39 is 16.4 Å². The Labute approximate surface area is 176 Å². The molecule has 1 saturated carbocycles. The first-order valence-corrected chi connectivity index (χ1v) is 9.72. The molecule has 2 aliphatic rings. The zero-order chi connectivity index (χ0) is 21.6. The van der Waals surface area contributed by atoms with Gasteiger partial charge < -0.3 is 15.0 Å². The van der Waals surface area contributed by atoms with Crippen LogP contribution in [0, 0.1) is 15.9 Å². The van der Waals surface area contributed by atoms with Crippen molar-refractivity contribution in [3.8, 4) is 5.75 Å². The Bertz CT molecular complexity index is 1190. The van der Waals surface area contributed by atoms with Crippen molar-refractivity contribution in [2.75, 3.05) is 23.9 Å². The highest BCUT2D eigenvalue weighted by Gasteiger charge is 2.49. The van der Waals surface area contributed by atoms with Crippen molar-refractivity contribution >= 4 is 29.0 Å². The van der Waals surface area contributed by atoms with Crippen LogP contribution >= 0.6 is 0 Å². The lowest BCUT2D eigenvalue weighted by atomic mass is 9.67. The average molecular weight is 423 g/mol. The molecule has 31 heavy (non-hydrogen) atoms. The van der Waals surface area contributed by atoms with E-state index in [2.05, 4.69) is 25.3 Å². The molecule has 0 unspecified atom stereocenters. The summed E-state index contributed by atoms with van der Waals surface area (Å²) in [5.41, 5.74) is 1.55. The minimum Gasteiger partial charge on any atom is -0.494 e. The van der Waals surface area contributed by atoms with Crippen molar-refractivity contribution in [2.24, 2.45) is 0 Å². The maximum atomic E-state index is 13.9. The van der Waals surface area contributed by atoms with E-state index in [9.17, 15) is 14.5 Å². The van der Waals surface area contributed by atoms with Crippen LogP contribution in [-0.4, -0.2) is 38.5 Å². The van der Waals surface area contributed by atoms with Gasteiger partial charge in [-0.25, -0.2) is 9.97 Å². The van der Waals surface area contributed by atoms with Crippen LogP contribution in [0.5, 0.6) is 5.75 Å². The number of aromatic nitrogens is 4. The number of halogens is 1. The fourth-order valence-electron chi connectivity index (χ4n) is 4.21. The third-order valence-corrected chi connectivity index (χ3v) is 5.86. The van der Waals surface area contributed by atoms with Gasteiger partial charge in [-0.2, -0.15) is 9.37 Å². The number of hydrogen-bond acceptors (Lipinski definition) is 9. The number of nitrogens with one attached hydrogen (secondary N) is 1. The van der Waals surface area contributed by atoms with Gasteiger partial charge in [0.1, 0.15) is 12.1 Å². The van der Waals surface area contributed by atoms with Gasteiger partial charge in [-0.3, -0.25) is 15.1 Å². The highest BCUT2D eigenvalue weighted by atomic mass is 19.1. The molecule has 1 N–H and O–H groups in total. The summed E-state index contributed by atoms with van der Waals surface area (Å²) >= 11 is 0. The van der Waals surface area contributed by atoms with Gasteiger partial charge in [0.2, 0.25) is 17.7 Å². The number of benzene rings is 1. The molecule has 2 aromatic heterocycles. The first-order chi connectivity index (χ1) is 15.0. The quantitative estimate of drug-likeness (QED) is 0.484. The number of rotatable bonds is 5. The Kier molecular flexibility index (Phi) is 4.38. The Hall–Kier alpha value is -3.89. The Balaban J connectivity index is 1.49. The van der Waals surface area contributed by atoms with E-state index in [4.69, 9.17) is 4.74 Å². The zero-order valence-corrected chi connectivity index (χ0v) is 16.6. The molecule has 1 spiro atoms.